The van der Waals surface area contributed by atoms with Gasteiger partial charge in [-0.1, -0.05) is 48.9 Å². The molecule has 0 aliphatic carbocycles. The Morgan fingerprint density at radius 1 is 1.30 bits per heavy atom. The van der Waals surface area contributed by atoms with Gasteiger partial charge in [-0.3, -0.25) is 4.79 Å². The van der Waals surface area contributed by atoms with Crippen LogP contribution in [0.4, 0.5) is 14.5 Å². The third-order valence-corrected chi connectivity index (χ3v) is 7.61. The van der Waals surface area contributed by atoms with Gasteiger partial charge in [-0.25, -0.2) is 13.5 Å². The number of carbonyl (C=O) groups excluding carboxylic acids is 1. The number of nitrogens with zero attached hydrogens (tertiary/aromatic N) is 3. The van der Waals surface area contributed by atoms with Crippen molar-refractivity contribution < 1.29 is 18.3 Å². The molecule has 164 valence electrons. The Morgan fingerprint density at radius 2 is 2.03 bits per heavy atom. The van der Waals surface area contributed by atoms with Crippen LogP contribution in [0.3, 0.4) is 0 Å². The smallest absolute Gasteiger partial charge is 0.264 e. The first kappa shape index (κ1) is 23.2. The normalized spacial score (nSPS) is 17.4. The predicted octanol–water partition coefficient (Wildman–Crippen LogP) is 5.96. The van der Waals surface area contributed by atoms with Crippen LogP contribution in [0.1, 0.15) is 29.9 Å². The zero-order chi connectivity index (χ0) is 22.1. The fourth-order valence-electron chi connectivity index (χ4n) is 3.44. The summed E-state index contributed by atoms with van der Waals surface area (Å²) in [7, 11) is -1.16. The predicted molar refractivity (Wildman–Crippen MR) is 117 cm³/mol. The Kier molecular flexibility index (Phi) is 7.22. The van der Waals surface area contributed by atoms with Crippen molar-refractivity contribution in [2.75, 3.05) is 18.1 Å². The van der Waals surface area contributed by atoms with E-state index in [9.17, 15) is 13.6 Å². The molecule has 0 N–H and O–H groups in total. The molecular weight excluding hydrogens is 451 g/mol. The van der Waals surface area contributed by atoms with Crippen LogP contribution in [-0.2, 0) is 16.3 Å². The van der Waals surface area contributed by atoms with Crippen molar-refractivity contribution in [3.05, 3.63) is 45.7 Å². The molecule has 1 atom stereocenters. The second-order valence-electron chi connectivity index (χ2n) is 8.66. The van der Waals surface area contributed by atoms with Crippen molar-refractivity contribution in [3.8, 4) is 0 Å². The number of amides is 1. The molecule has 0 radical (unpaired) electrons. The van der Waals surface area contributed by atoms with E-state index in [1.54, 1.807) is 22.0 Å². The Hall–Kier alpha value is -1.48. The average molecular weight is 476 g/mol. The fourth-order valence-corrected chi connectivity index (χ4v) is 4.68. The fraction of sp³-hybridized carbons (Fsp3) is 0.500. The molecule has 0 spiro atoms. The van der Waals surface area contributed by atoms with E-state index in [2.05, 4.69) is 24.7 Å². The maximum atomic E-state index is 13.5. The van der Waals surface area contributed by atoms with E-state index in [0.717, 1.165) is 6.04 Å². The highest BCUT2D eigenvalue weighted by molar-refractivity contribution is 6.76. The Bertz CT molecular complexity index is 918. The number of ether oxygens (including phenoxy) is 1. The van der Waals surface area contributed by atoms with Crippen LogP contribution in [0.5, 0.6) is 0 Å². The SMILES string of the molecule is C[Si](C)(C)CCOCn1cc(N2CC(c3c(C(F)F)ccc(Cl)c3Cl)CC2=O)cn1. The number of aromatic nitrogens is 2. The minimum Gasteiger partial charge on any atom is -0.360 e. The van der Waals surface area contributed by atoms with E-state index < -0.39 is 20.4 Å². The largest absolute Gasteiger partial charge is 0.360 e. The van der Waals surface area contributed by atoms with Crippen molar-refractivity contribution in [2.45, 2.75) is 51.2 Å². The summed E-state index contributed by atoms with van der Waals surface area (Å²) in [5.41, 5.74) is 0.667. The van der Waals surface area contributed by atoms with Crippen molar-refractivity contribution in [2.24, 2.45) is 0 Å². The number of hydrogen-bond acceptors (Lipinski definition) is 3. The zero-order valence-electron chi connectivity index (χ0n) is 17.2. The van der Waals surface area contributed by atoms with Crippen molar-refractivity contribution >= 4 is 42.9 Å². The van der Waals surface area contributed by atoms with Gasteiger partial charge in [0.15, 0.2) is 0 Å². The number of alkyl halides is 2. The number of anilines is 1. The summed E-state index contributed by atoms with van der Waals surface area (Å²) >= 11 is 12.3. The minimum atomic E-state index is -2.70. The van der Waals surface area contributed by atoms with Gasteiger partial charge in [-0.05, 0) is 17.7 Å². The van der Waals surface area contributed by atoms with Crippen molar-refractivity contribution in [1.82, 2.24) is 9.78 Å². The first-order valence-electron chi connectivity index (χ1n) is 9.73. The molecule has 1 fully saturated rings. The molecule has 1 aliphatic heterocycles. The summed E-state index contributed by atoms with van der Waals surface area (Å²) in [6.07, 6.45) is 0.686. The summed E-state index contributed by atoms with van der Waals surface area (Å²) in [5.74, 6) is -0.639. The van der Waals surface area contributed by atoms with Crippen LogP contribution in [0.15, 0.2) is 24.5 Å². The number of hydrogen-bond donors (Lipinski definition) is 0. The molecule has 5 nitrogen and oxygen atoms in total. The van der Waals surface area contributed by atoms with E-state index in [4.69, 9.17) is 27.9 Å². The molecule has 1 saturated heterocycles. The summed E-state index contributed by atoms with van der Waals surface area (Å²) in [6, 6.07) is 3.69. The third kappa shape index (κ3) is 5.41. The first-order chi connectivity index (χ1) is 14.1. The van der Waals surface area contributed by atoms with E-state index in [-0.39, 0.29) is 40.0 Å². The van der Waals surface area contributed by atoms with E-state index in [1.165, 1.54) is 12.1 Å². The maximum absolute atomic E-state index is 13.5. The Balaban J connectivity index is 1.70. The molecule has 3 rings (SSSR count). The van der Waals surface area contributed by atoms with Gasteiger partial charge in [0, 0.05) is 39.1 Å². The number of benzene rings is 1. The lowest BCUT2D eigenvalue weighted by Crippen LogP contribution is -2.24. The summed E-state index contributed by atoms with van der Waals surface area (Å²) in [4.78, 5) is 14.2. The van der Waals surface area contributed by atoms with Gasteiger partial charge in [0.05, 0.1) is 28.1 Å². The maximum Gasteiger partial charge on any atom is 0.264 e. The average Bonchev–Trinajstić information content (AvgIpc) is 3.26. The minimum absolute atomic E-state index is 0.0810. The van der Waals surface area contributed by atoms with Gasteiger partial charge in [0.25, 0.3) is 6.43 Å². The van der Waals surface area contributed by atoms with Gasteiger partial charge in [-0.15, -0.1) is 0 Å². The second kappa shape index (κ2) is 9.34. The number of carbonyl (C=O) groups is 1. The molecule has 1 aromatic heterocycles. The van der Waals surface area contributed by atoms with Crippen molar-refractivity contribution in [3.63, 3.8) is 0 Å². The van der Waals surface area contributed by atoms with Crippen LogP contribution in [0.2, 0.25) is 35.7 Å². The quantitative estimate of drug-likeness (QED) is 0.349. The lowest BCUT2D eigenvalue weighted by atomic mass is 9.93. The van der Waals surface area contributed by atoms with Gasteiger partial charge in [-0.2, -0.15) is 5.10 Å². The summed E-state index contributed by atoms with van der Waals surface area (Å²) in [5, 5.41) is 4.53. The molecule has 10 heteroatoms. The second-order valence-corrected chi connectivity index (χ2v) is 15.1. The van der Waals surface area contributed by atoms with Gasteiger partial charge in [0.2, 0.25) is 5.91 Å². The molecule has 1 amide bonds. The van der Waals surface area contributed by atoms with Crippen LogP contribution < -0.4 is 4.90 Å². The first-order valence-corrected chi connectivity index (χ1v) is 14.2. The lowest BCUT2D eigenvalue weighted by molar-refractivity contribution is -0.117. The van der Waals surface area contributed by atoms with Crippen LogP contribution in [0, 0.1) is 0 Å². The highest BCUT2D eigenvalue weighted by atomic mass is 35.5. The van der Waals surface area contributed by atoms with Gasteiger partial charge >= 0.3 is 0 Å². The van der Waals surface area contributed by atoms with E-state index in [0.29, 0.717) is 19.0 Å². The standard InChI is InChI=1S/C20H25Cl2F2N3O2Si/c1-30(2,3)7-6-29-12-26-11-14(9-25-26)27-10-13(8-17(27)28)18-15(20(23)24)4-5-16(21)19(18)22/h4-5,9,11,13,20H,6-8,10,12H2,1-3H3. The summed E-state index contributed by atoms with van der Waals surface area (Å²) < 4.78 is 34.3. The molecule has 0 saturated carbocycles. The highest BCUT2D eigenvalue weighted by Crippen LogP contribution is 2.42. The molecular formula is C20H25Cl2F2N3O2Si. The van der Waals surface area contributed by atoms with Crippen LogP contribution in [-0.4, -0.2) is 36.9 Å². The monoisotopic (exact) mass is 475 g/mol. The number of rotatable bonds is 8. The van der Waals surface area contributed by atoms with Gasteiger partial charge in [0.1, 0.15) is 6.73 Å². The molecule has 1 aliphatic rings. The molecule has 2 aromatic rings. The topological polar surface area (TPSA) is 47.4 Å². The Labute approximate surface area is 185 Å². The lowest BCUT2D eigenvalue weighted by Gasteiger charge is -2.18. The third-order valence-electron chi connectivity index (χ3n) is 5.09. The van der Waals surface area contributed by atoms with Gasteiger partial charge < -0.3 is 9.64 Å². The van der Waals surface area contributed by atoms with Crippen LogP contribution in [0.25, 0.3) is 0 Å². The highest BCUT2D eigenvalue weighted by Gasteiger charge is 2.36. The molecule has 1 unspecified atom stereocenters. The Morgan fingerprint density at radius 3 is 2.70 bits per heavy atom. The van der Waals surface area contributed by atoms with E-state index >= 15 is 0 Å². The van der Waals surface area contributed by atoms with Crippen molar-refractivity contribution in [1.29, 1.82) is 0 Å². The molecule has 30 heavy (non-hydrogen) atoms. The molecule has 2 heterocycles. The number of halogens is 4. The molecule has 1 aromatic carbocycles. The van der Waals surface area contributed by atoms with E-state index in [1.807, 2.05) is 0 Å². The zero-order valence-corrected chi connectivity index (χ0v) is 19.7. The van der Waals surface area contributed by atoms with Crippen LogP contribution >= 0.6 is 23.2 Å². The summed E-state index contributed by atoms with van der Waals surface area (Å²) in [6.45, 7) is 8.04. The molecule has 0 bridgehead atoms.